The molecular weight excluding hydrogens is 365 g/mol. The molecule has 1 amide bonds. The molecule has 0 aliphatic heterocycles. The van der Waals surface area contributed by atoms with Crippen molar-refractivity contribution in [2.24, 2.45) is 5.73 Å². The zero-order valence-corrected chi connectivity index (χ0v) is 14.8. The molecule has 2 aromatic carbocycles. The first-order chi connectivity index (χ1) is 11.9. The largest absolute Gasteiger partial charge is 0.496 e. The van der Waals surface area contributed by atoms with Gasteiger partial charge in [-0.05, 0) is 35.9 Å². The Hall–Kier alpha value is -2.50. The maximum Gasteiger partial charge on any atom is 0.255 e. The van der Waals surface area contributed by atoms with Crippen LogP contribution >= 0.6 is 23.2 Å². The van der Waals surface area contributed by atoms with Crippen LogP contribution in [0.5, 0.6) is 11.5 Å². The van der Waals surface area contributed by atoms with Gasteiger partial charge in [0.15, 0.2) is 12.4 Å². The van der Waals surface area contributed by atoms with Crippen molar-refractivity contribution in [3.8, 4) is 11.5 Å². The van der Waals surface area contributed by atoms with Crippen LogP contribution in [0.25, 0.3) is 6.08 Å². The molecule has 130 valence electrons. The molecule has 0 aliphatic rings. The Balaban J connectivity index is 2.18. The van der Waals surface area contributed by atoms with Crippen LogP contribution in [-0.4, -0.2) is 25.4 Å². The van der Waals surface area contributed by atoms with E-state index in [1.807, 2.05) is 0 Å². The molecule has 0 aromatic heterocycles. The molecule has 0 aliphatic carbocycles. The Morgan fingerprint density at radius 3 is 2.52 bits per heavy atom. The number of ketones is 1. The summed E-state index contributed by atoms with van der Waals surface area (Å²) in [6.07, 6.45) is 3.03. The second kappa shape index (κ2) is 8.55. The van der Waals surface area contributed by atoms with Crippen LogP contribution in [0.15, 0.2) is 42.5 Å². The molecule has 25 heavy (non-hydrogen) atoms. The summed E-state index contributed by atoms with van der Waals surface area (Å²) in [6.45, 7) is -0.256. The summed E-state index contributed by atoms with van der Waals surface area (Å²) < 4.78 is 10.4. The molecule has 0 saturated heterocycles. The second-order valence-corrected chi connectivity index (χ2v) is 5.80. The molecule has 0 bridgehead atoms. The average Bonchev–Trinajstić information content (AvgIpc) is 2.60. The predicted molar refractivity (Wildman–Crippen MR) is 97.5 cm³/mol. The van der Waals surface area contributed by atoms with Crippen molar-refractivity contribution in [2.45, 2.75) is 0 Å². The Labute approximate surface area is 154 Å². The quantitative estimate of drug-likeness (QED) is 0.586. The number of ether oxygens (including phenoxy) is 2. The van der Waals surface area contributed by atoms with Crippen molar-refractivity contribution in [1.82, 2.24) is 0 Å². The first-order valence-corrected chi connectivity index (χ1v) is 7.93. The Morgan fingerprint density at radius 1 is 1.12 bits per heavy atom. The number of carbonyl (C=O) groups is 2. The van der Waals surface area contributed by atoms with E-state index in [-0.39, 0.29) is 12.4 Å². The van der Waals surface area contributed by atoms with E-state index in [9.17, 15) is 9.59 Å². The third-order valence-corrected chi connectivity index (χ3v) is 3.93. The maximum absolute atomic E-state index is 12.4. The Morgan fingerprint density at radius 2 is 1.88 bits per heavy atom. The van der Waals surface area contributed by atoms with Gasteiger partial charge in [-0.25, -0.2) is 0 Å². The SMILES string of the molecule is COc1cc(OCC(N)=O)ccc1C(=O)/C=C/c1ccc(Cl)c(Cl)c1. The molecule has 2 aromatic rings. The number of primary amides is 1. The minimum atomic E-state index is -0.594. The zero-order valence-electron chi connectivity index (χ0n) is 13.3. The van der Waals surface area contributed by atoms with E-state index >= 15 is 0 Å². The highest BCUT2D eigenvalue weighted by molar-refractivity contribution is 6.42. The lowest BCUT2D eigenvalue weighted by atomic mass is 10.1. The molecule has 2 rings (SSSR count). The van der Waals surface area contributed by atoms with Gasteiger partial charge in [0, 0.05) is 6.07 Å². The summed E-state index contributed by atoms with van der Waals surface area (Å²) in [5.41, 5.74) is 6.12. The van der Waals surface area contributed by atoms with E-state index in [0.717, 1.165) is 5.56 Å². The number of hydrogen-bond acceptors (Lipinski definition) is 4. The lowest BCUT2D eigenvalue weighted by molar-refractivity contribution is -0.119. The molecule has 0 atom stereocenters. The summed E-state index contributed by atoms with van der Waals surface area (Å²) in [5, 5.41) is 0.850. The van der Waals surface area contributed by atoms with Crippen molar-refractivity contribution in [2.75, 3.05) is 13.7 Å². The zero-order chi connectivity index (χ0) is 18.4. The van der Waals surface area contributed by atoms with Crippen molar-refractivity contribution in [1.29, 1.82) is 0 Å². The maximum atomic E-state index is 12.4. The van der Waals surface area contributed by atoms with Crippen LogP contribution < -0.4 is 15.2 Å². The third-order valence-electron chi connectivity index (χ3n) is 3.19. The minimum absolute atomic E-state index is 0.256. The van der Waals surface area contributed by atoms with Gasteiger partial charge in [-0.15, -0.1) is 0 Å². The highest BCUT2D eigenvalue weighted by Gasteiger charge is 2.11. The normalized spacial score (nSPS) is 10.7. The summed E-state index contributed by atoms with van der Waals surface area (Å²) in [7, 11) is 1.44. The van der Waals surface area contributed by atoms with Crippen LogP contribution in [0.1, 0.15) is 15.9 Å². The number of amides is 1. The van der Waals surface area contributed by atoms with Gasteiger partial charge in [-0.2, -0.15) is 0 Å². The third kappa shape index (κ3) is 5.24. The number of carbonyl (C=O) groups excluding carboxylic acids is 2. The van der Waals surface area contributed by atoms with Crippen molar-refractivity contribution >= 4 is 41.0 Å². The highest BCUT2D eigenvalue weighted by Crippen LogP contribution is 2.26. The van der Waals surface area contributed by atoms with Gasteiger partial charge in [0.2, 0.25) is 0 Å². The van der Waals surface area contributed by atoms with Gasteiger partial charge in [-0.3, -0.25) is 9.59 Å². The molecule has 0 fully saturated rings. The Bertz CT molecular complexity index is 834. The van der Waals surface area contributed by atoms with Crippen LogP contribution in [0.2, 0.25) is 10.0 Å². The molecular formula is C18H15Cl2NO4. The topological polar surface area (TPSA) is 78.6 Å². The predicted octanol–water partition coefficient (Wildman–Crippen LogP) is 3.76. The lowest BCUT2D eigenvalue weighted by Gasteiger charge is -2.09. The van der Waals surface area contributed by atoms with Crippen LogP contribution in [0.4, 0.5) is 0 Å². The standard InChI is InChI=1S/C18H15Cl2NO4/c1-24-17-9-12(25-10-18(21)23)4-5-13(17)16(22)7-3-11-2-6-14(19)15(20)8-11/h2-9H,10H2,1H3,(H2,21,23)/b7-3+. The second-order valence-electron chi connectivity index (χ2n) is 4.99. The first kappa shape index (κ1) is 18.8. The van der Waals surface area contributed by atoms with Crippen LogP contribution in [0, 0.1) is 0 Å². The summed E-state index contributed by atoms with van der Waals surface area (Å²) in [4.78, 5) is 23.1. The molecule has 0 unspecified atom stereocenters. The van der Waals surface area contributed by atoms with Gasteiger partial charge in [0.05, 0.1) is 22.7 Å². The number of methoxy groups -OCH3 is 1. The van der Waals surface area contributed by atoms with Gasteiger partial charge in [-0.1, -0.05) is 35.3 Å². The first-order valence-electron chi connectivity index (χ1n) is 7.17. The number of allylic oxidation sites excluding steroid dienone is 1. The summed E-state index contributed by atoms with van der Waals surface area (Å²) in [6, 6.07) is 9.69. The molecule has 2 N–H and O–H groups in total. The van der Waals surface area contributed by atoms with Gasteiger partial charge >= 0.3 is 0 Å². The number of halogens is 2. The monoisotopic (exact) mass is 379 g/mol. The fourth-order valence-corrected chi connectivity index (χ4v) is 2.30. The van der Waals surface area contributed by atoms with E-state index in [1.54, 1.807) is 36.4 Å². The van der Waals surface area contributed by atoms with Gasteiger partial charge in [0.25, 0.3) is 5.91 Å². The van der Waals surface area contributed by atoms with Crippen molar-refractivity contribution in [3.63, 3.8) is 0 Å². The molecule has 5 nitrogen and oxygen atoms in total. The average molecular weight is 380 g/mol. The van der Waals surface area contributed by atoms with Crippen LogP contribution in [-0.2, 0) is 4.79 Å². The number of benzene rings is 2. The van der Waals surface area contributed by atoms with Gasteiger partial charge in [0.1, 0.15) is 11.5 Å². The highest BCUT2D eigenvalue weighted by atomic mass is 35.5. The molecule has 0 heterocycles. The fourth-order valence-electron chi connectivity index (χ4n) is 2.00. The number of nitrogens with two attached hydrogens (primary N) is 1. The van der Waals surface area contributed by atoms with Crippen molar-refractivity contribution < 1.29 is 19.1 Å². The smallest absolute Gasteiger partial charge is 0.255 e. The molecule has 0 radical (unpaired) electrons. The number of rotatable bonds is 7. The van der Waals surface area contributed by atoms with Gasteiger partial charge < -0.3 is 15.2 Å². The molecule has 0 spiro atoms. The summed E-state index contributed by atoms with van der Waals surface area (Å²) >= 11 is 11.8. The van der Waals surface area contributed by atoms with E-state index in [0.29, 0.717) is 27.1 Å². The molecule has 7 heteroatoms. The Kier molecular flexibility index (Phi) is 6.44. The molecule has 0 saturated carbocycles. The lowest BCUT2D eigenvalue weighted by Crippen LogP contribution is -2.20. The van der Waals surface area contributed by atoms with E-state index < -0.39 is 5.91 Å². The van der Waals surface area contributed by atoms with Crippen molar-refractivity contribution in [3.05, 3.63) is 63.6 Å². The number of hydrogen-bond donors (Lipinski definition) is 1. The van der Waals surface area contributed by atoms with E-state index in [2.05, 4.69) is 0 Å². The van der Waals surface area contributed by atoms with E-state index in [1.165, 1.54) is 19.3 Å². The van der Waals surface area contributed by atoms with Crippen LogP contribution in [0.3, 0.4) is 0 Å². The van der Waals surface area contributed by atoms with E-state index in [4.69, 9.17) is 38.4 Å². The minimum Gasteiger partial charge on any atom is -0.496 e. The summed E-state index contributed by atoms with van der Waals surface area (Å²) in [5.74, 6) is -0.153. The fraction of sp³-hybridized carbons (Fsp3) is 0.111.